The molecular formula is C21H17N3O3. The van der Waals surface area contributed by atoms with Gasteiger partial charge >= 0.3 is 0 Å². The zero-order chi connectivity index (χ0) is 18.2. The predicted octanol–water partition coefficient (Wildman–Crippen LogP) is 3.94. The first-order valence-electron chi connectivity index (χ1n) is 8.66. The summed E-state index contributed by atoms with van der Waals surface area (Å²) in [5, 5.41) is 4.81. The third-order valence-electron chi connectivity index (χ3n) is 4.60. The number of aromatic nitrogens is 3. The van der Waals surface area contributed by atoms with Crippen LogP contribution in [-0.2, 0) is 11.3 Å². The summed E-state index contributed by atoms with van der Waals surface area (Å²) in [6, 6.07) is 18.0. The fourth-order valence-corrected chi connectivity index (χ4v) is 3.40. The average molecular weight is 359 g/mol. The molecule has 0 atom stereocenters. The third kappa shape index (κ3) is 2.62. The number of methoxy groups -OCH3 is 1. The molecule has 0 amide bonds. The van der Waals surface area contributed by atoms with E-state index in [2.05, 4.69) is 17.1 Å². The largest absolute Gasteiger partial charge is 0.454 e. The highest BCUT2D eigenvalue weighted by molar-refractivity contribution is 5.81. The Balaban J connectivity index is 1.74. The quantitative estimate of drug-likeness (QED) is 0.552. The van der Waals surface area contributed by atoms with Crippen molar-refractivity contribution in [2.45, 2.75) is 6.61 Å². The van der Waals surface area contributed by atoms with E-state index in [4.69, 9.17) is 19.3 Å². The van der Waals surface area contributed by atoms with Crippen LogP contribution >= 0.6 is 0 Å². The molecule has 3 heterocycles. The lowest BCUT2D eigenvalue weighted by Crippen LogP contribution is -1.96. The number of fused-ring (bicyclic) bond motifs is 2. The van der Waals surface area contributed by atoms with E-state index in [1.807, 2.05) is 47.0 Å². The van der Waals surface area contributed by atoms with E-state index in [1.165, 1.54) is 0 Å². The first-order chi connectivity index (χ1) is 13.3. The maximum atomic E-state index is 5.52. The van der Waals surface area contributed by atoms with E-state index < -0.39 is 0 Å². The second kappa shape index (κ2) is 6.41. The first-order valence-corrected chi connectivity index (χ1v) is 8.66. The fraction of sp³-hybridized carbons (Fsp3) is 0.143. The molecule has 27 heavy (non-hydrogen) atoms. The van der Waals surface area contributed by atoms with Crippen LogP contribution in [0.5, 0.6) is 11.5 Å². The second-order valence-corrected chi connectivity index (χ2v) is 6.25. The van der Waals surface area contributed by atoms with Crippen LogP contribution in [0.4, 0.5) is 0 Å². The molecule has 6 nitrogen and oxygen atoms in total. The standard InChI is InChI=1S/C21H17N3O3/c1-25-12-16-20(14-5-3-2-4-6-14)21-22-10-9-17(24(21)23-16)15-7-8-18-19(11-15)27-13-26-18/h2-11H,12-13H2,1H3. The molecular weight excluding hydrogens is 342 g/mol. The van der Waals surface area contributed by atoms with Crippen LogP contribution in [0.1, 0.15) is 5.69 Å². The molecule has 0 bridgehead atoms. The van der Waals surface area contributed by atoms with Gasteiger partial charge in [-0.25, -0.2) is 9.50 Å². The van der Waals surface area contributed by atoms with Gasteiger partial charge in [-0.05, 0) is 29.8 Å². The number of ether oxygens (including phenoxy) is 3. The highest BCUT2D eigenvalue weighted by Gasteiger charge is 2.20. The Bertz CT molecular complexity index is 1120. The molecule has 1 aliphatic rings. The van der Waals surface area contributed by atoms with Gasteiger partial charge in [0.25, 0.3) is 0 Å². The molecule has 5 rings (SSSR count). The molecule has 0 aliphatic carbocycles. The van der Waals surface area contributed by atoms with Crippen LogP contribution in [0.3, 0.4) is 0 Å². The first kappa shape index (κ1) is 15.8. The summed E-state index contributed by atoms with van der Waals surface area (Å²) < 4.78 is 18.2. The highest BCUT2D eigenvalue weighted by atomic mass is 16.7. The summed E-state index contributed by atoms with van der Waals surface area (Å²) in [5.74, 6) is 1.50. The lowest BCUT2D eigenvalue weighted by molar-refractivity contribution is 0.174. The van der Waals surface area contributed by atoms with Gasteiger partial charge in [-0.15, -0.1) is 0 Å². The highest BCUT2D eigenvalue weighted by Crippen LogP contribution is 2.37. The fourth-order valence-electron chi connectivity index (χ4n) is 3.40. The van der Waals surface area contributed by atoms with Crippen LogP contribution in [0.15, 0.2) is 60.8 Å². The van der Waals surface area contributed by atoms with Crippen molar-refractivity contribution in [2.75, 3.05) is 13.9 Å². The van der Waals surface area contributed by atoms with E-state index in [0.29, 0.717) is 6.61 Å². The molecule has 2 aromatic carbocycles. The van der Waals surface area contributed by atoms with Gasteiger partial charge in [0.05, 0.1) is 23.6 Å². The molecule has 0 spiro atoms. The lowest BCUT2D eigenvalue weighted by atomic mass is 10.1. The Labute approximate surface area is 156 Å². The molecule has 6 heteroatoms. The lowest BCUT2D eigenvalue weighted by Gasteiger charge is -2.06. The van der Waals surface area contributed by atoms with Gasteiger partial charge in [-0.2, -0.15) is 5.10 Å². The van der Waals surface area contributed by atoms with Crippen molar-refractivity contribution < 1.29 is 14.2 Å². The molecule has 0 unspecified atom stereocenters. The Kier molecular flexibility index (Phi) is 3.76. The SMILES string of the molecule is COCc1nn2c(-c3ccc4c(c3)OCO4)ccnc2c1-c1ccccc1. The van der Waals surface area contributed by atoms with Crippen LogP contribution in [0.2, 0.25) is 0 Å². The van der Waals surface area contributed by atoms with Gasteiger partial charge in [0, 0.05) is 18.9 Å². The molecule has 4 aromatic rings. The van der Waals surface area contributed by atoms with Gasteiger partial charge in [0.1, 0.15) is 0 Å². The van der Waals surface area contributed by atoms with Gasteiger partial charge in [-0.3, -0.25) is 0 Å². The van der Waals surface area contributed by atoms with Gasteiger partial charge in [0.2, 0.25) is 6.79 Å². The zero-order valence-corrected chi connectivity index (χ0v) is 14.8. The van der Waals surface area contributed by atoms with Crippen molar-refractivity contribution in [2.24, 2.45) is 0 Å². The summed E-state index contributed by atoms with van der Waals surface area (Å²) in [5.41, 5.74) is 5.61. The second-order valence-electron chi connectivity index (χ2n) is 6.25. The van der Waals surface area contributed by atoms with Gasteiger partial charge < -0.3 is 14.2 Å². The maximum Gasteiger partial charge on any atom is 0.231 e. The molecule has 0 fully saturated rings. The molecule has 1 aliphatic heterocycles. The van der Waals surface area contributed by atoms with Crippen molar-refractivity contribution >= 4 is 5.65 Å². The van der Waals surface area contributed by atoms with Crippen molar-refractivity contribution in [3.8, 4) is 33.9 Å². The van der Waals surface area contributed by atoms with Crippen LogP contribution in [0, 0.1) is 0 Å². The molecule has 134 valence electrons. The van der Waals surface area contributed by atoms with Crippen LogP contribution in [-0.4, -0.2) is 28.5 Å². The Morgan fingerprint density at radius 3 is 2.70 bits per heavy atom. The minimum Gasteiger partial charge on any atom is -0.454 e. The van der Waals surface area contributed by atoms with Gasteiger partial charge in [0.15, 0.2) is 17.1 Å². The minimum absolute atomic E-state index is 0.252. The Morgan fingerprint density at radius 2 is 1.85 bits per heavy atom. The van der Waals surface area contributed by atoms with Crippen molar-refractivity contribution in [1.29, 1.82) is 0 Å². The monoisotopic (exact) mass is 359 g/mol. The number of benzene rings is 2. The normalized spacial score (nSPS) is 12.6. The van der Waals surface area contributed by atoms with Crippen LogP contribution in [0.25, 0.3) is 28.0 Å². The molecule has 0 N–H and O–H groups in total. The third-order valence-corrected chi connectivity index (χ3v) is 4.60. The smallest absolute Gasteiger partial charge is 0.231 e. The van der Waals surface area contributed by atoms with Gasteiger partial charge in [-0.1, -0.05) is 30.3 Å². The van der Waals surface area contributed by atoms with E-state index in [0.717, 1.165) is 45.2 Å². The van der Waals surface area contributed by atoms with E-state index >= 15 is 0 Å². The number of hydrogen-bond donors (Lipinski definition) is 0. The summed E-state index contributed by atoms with van der Waals surface area (Å²) in [4.78, 5) is 4.61. The predicted molar refractivity (Wildman–Crippen MR) is 101 cm³/mol. The Hall–Kier alpha value is -3.38. The summed E-state index contributed by atoms with van der Waals surface area (Å²) >= 11 is 0. The molecule has 2 aromatic heterocycles. The van der Waals surface area contributed by atoms with Crippen molar-refractivity contribution in [3.05, 3.63) is 66.5 Å². The molecule has 0 saturated heterocycles. The van der Waals surface area contributed by atoms with Crippen molar-refractivity contribution in [1.82, 2.24) is 14.6 Å². The average Bonchev–Trinajstić information content (AvgIpc) is 3.32. The summed E-state index contributed by atoms with van der Waals surface area (Å²) in [6.45, 7) is 0.663. The topological polar surface area (TPSA) is 57.9 Å². The summed E-state index contributed by atoms with van der Waals surface area (Å²) in [6.07, 6.45) is 1.81. The van der Waals surface area contributed by atoms with Crippen molar-refractivity contribution in [3.63, 3.8) is 0 Å². The summed E-state index contributed by atoms with van der Waals surface area (Å²) in [7, 11) is 1.67. The number of hydrogen-bond acceptors (Lipinski definition) is 5. The number of rotatable bonds is 4. The Morgan fingerprint density at radius 1 is 1.00 bits per heavy atom. The van der Waals surface area contributed by atoms with E-state index in [-0.39, 0.29) is 6.79 Å². The van der Waals surface area contributed by atoms with Crippen LogP contribution < -0.4 is 9.47 Å². The minimum atomic E-state index is 0.252. The zero-order valence-electron chi connectivity index (χ0n) is 14.8. The maximum absolute atomic E-state index is 5.52. The van der Waals surface area contributed by atoms with E-state index in [1.54, 1.807) is 13.3 Å². The van der Waals surface area contributed by atoms with E-state index in [9.17, 15) is 0 Å². The number of nitrogens with zero attached hydrogens (tertiary/aromatic N) is 3. The molecule has 0 radical (unpaired) electrons. The molecule has 0 saturated carbocycles.